The molecule has 3 aromatic heterocycles. The number of nitrogens with one attached hydrogen (secondary N) is 2. The highest BCUT2D eigenvalue weighted by Crippen LogP contribution is 2.46. The van der Waals surface area contributed by atoms with E-state index in [2.05, 4.69) is 34.1 Å². The number of pyridine rings is 1. The Morgan fingerprint density at radius 2 is 2.00 bits per heavy atom. The number of H-pyrrole nitrogens is 1. The number of carbonyl (C=O) groups is 1. The zero-order valence-electron chi connectivity index (χ0n) is 21.9. The van der Waals surface area contributed by atoms with Gasteiger partial charge in [-0.25, -0.2) is 14.4 Å². The summed E-state index contributed by atoms with van der Waals surface area (Å²) in [5, 5.41) is 13.5. The molecule has 0 saturated heterocycles. The number of rotatable bonds is 5. The highest BCUT2D eigenvalue weighted by atomic mass is 32.1. The van der Waals surface area contributed by atoms with E-state index in [1.165, 1.54) is 28.9 Å². The monoisotopic (exact) mass is 545 g/mol. The lowest BCUT2D eigenvalue weighted by atomic mass is 9.89. The standard InChI is InChI=1S/C29H28FN5O3S/c1-15-18(10-22(27(37)33-15)34-25-4-6-31-14-32-25)19-8-16(30)9-23(21(19)13-36)35-7-5-17-20-11-29(2,3)12-24(20)39-26(17)28(35)38/h4,6,8-10,14,36H,5,7,11-13H2,1-3H3,(H,33,37)(H,31,32,34). The number of fused-ring (bicyclic) bond motifs is 3. The van der Waals surface area contributed by atoms with Crippen LogP contribution in [-0.4, -0.2) is 32.5 Å². The number of amides is 1. The smallest absolute Gasteiger partial charge is 0.271 e. The van der Waals surface area contributed by atoms with Gasteiger partial charge >= 0.3 is 0 Å². The first-order chi connectivity index (χ1) is 18.6. The summed E-state index contributed by atoms with van der Waals surface area (Å²) in [5.41, 5.74) is 4.67. The number of aromatic nitrogens is 3. The summed E-state index contributed by atoms with van der Waals surface area (Å²) in [6.45, 7) is 6.20. The Balaban J connectivity index is 1.42. The molecule has 1 aromatic carbocycles. The van der Waals surface area contributed by atoms with Crippen molar-refractivity contribution >= 4 is 34.4 Å². The lowest BCUT2D eigenvalue weighted by Gasteiger charge is -2.30. The van der Waals surface area contributed by atoms with Crippen molar-refractivity contribution in [2.45, 2.75) is 46.6 Å². The lowest BCUT2D eigenvalue weighted by Crippen LogP contribution is -2.38. The van der Waals surface area contributed by atoms with Crippen LogP contribution >= 0.6 is 11.3 Å². The molecule has 10 heteroatoms. The summed E-state index contributed by atoms with van der Waals surface area (Å²) < 4.78 is 15.2. The number of anilines is 3. The molecule has 39 heavy (non-hydrogen) atoms. The number of benzene rings is 1. The van der Waals surface area contributed by atoms with Gasteiger partial charge < -0.3 is 20.3 Å². The molecule has 6 rings (SSSR count). The van der Waals surface area contributed by atoms with Crippen LogP contribution in [0.2, 0.25) is 0 Å². The van der Waals surface area contributed by atoms with Crippen LogP contribution in [0.5, 0.6) is 0 Å². The number of hydrogen-bond acceptors (Lipinski definition) is 7. The van der Waals surface area contributed by atoms with Gasteiger partial charge in [0.05, 0.1) is 17.2 Å². The van der Waals surface area contributed by atoms with Gasteiger partial charge in [0.25, 0.3) is 11.5 Å². The minimum Gasteiger partial charge on any atom is -0.392 e. The second-order valence-electron chi connectivity index (χ2n) is 10.9. The highest BCUT2D eigenvalue weighted by molar-refractivity contribution is 7.14. The van der Waals surface area contributed by atoms with E-state index >= 15 is 4.39 Å². The number of halogens is 1. The molecule has 0 bridgehead atoms. The van der Waals surface area contributed by atoms with Crippen LogP contribution in [0.1, 0.15) is 50.8 Å². The predicted molar refractivity (Wildman–Crippen MR) is 149 cm³/mol. The Hall–Kier alpha value is -3.89. The maximum atomic E-state index is 15.2. The molecule has 1 amide bonds. The van der Waals surface area contributed by atoms with Gasteiger partial charge in [0.2, 0.25) is 0 Å². The van der Waals surface area contributed by atoms with Gasteiger partial charge in [-0.3, -0.25) is 9.59 Å². The zero-order chi connectivity index (χ0) is 27.5. The number of aromatic amines is 1. The quantitative estimate of drug-likeness (QED) is 0.329. The molecule has 0 spiro atoms. The van der Waals surface area contributed by atoms with Gasteiger partial charge in [-0.1, -0.05) is 13.8 Å². The topological polar surface area (TPSA) is 111 Å². The van der Waals surface area contributed by atoms with E-state index in [1.54, 1.807) is 41.5 Å². The number of thiophene rings is 1. The number of aryl methyl sites for hydroxylation is 1. The van der Waals surface area contributed by atoms with Crippen LogP contribution in [0.3, 0.4) is 0 Å². The van der Waals surface area contributed by atoms with Crippen LogP contribution < -0.4 is 15.8 Å². The van der Waals surface area contributed by atoms with Crippen LogP contribution in [0, 0.1) is 18.2 Å². The van der Waals surface area contributed by atoms with E-state index in [0.717, 1.165) is 18.4 Å². The fraction of sp³-hybridized carbons (Fsp3) is 0.310. The van der Waals surface area contributed by atoms with E-state index < -0.39 is 12.4 Å². The number of aliphatic hydroxyl groups excluding tert-OH is 1. The molecule has 1 aliphatic heterocycles. The molecule has 0 unspecified atom stereocenters. The molecule has 0 atom stereocenters. The molecule has 0 saturated carbocycles. The van der Waals surface area contributed by atoms with Crippen LogP contribution in [0.25, 0.3) is 11.1 Å². The minimum atomic E-state index is -0.540. The third-order valence-corrected chi connectivity index (χ3v) is 8.79. The van der Waals surface area contributed by atoms with Gasteiger partial charge in [0.15, 0.2) is 0 Å². The minimum absolute atomic E-state index is 0.163. The fourth-order valence-corrected chi connectivity index (χ4v) is 7.33. The average molecular weight is 546 g/mol. The lowest BCUT2D eigenvalue weighted by molar-refractivity contribution is 0.0984. The van der Waals surface area contributed by atoms with Crippen LogP contribution in [-0.2, 0) is 25.9 Å². The van der Waals surface area contributed by atoms with E-state index in [4.69, 9.17) is 0 Å². The van der Waals surface area contributed by atoms with Gasteiger partial charge in [-0.05, 0) is 72.6 Å². The highest BCUT2D eigenvalue weighted by Gasteiger charge is 2.38. The Labute approximate surface area is 228 Å². The Morgan fingerprint density at radius 1 is 1.18 bits per heavy atom. The number of aliphatic hydroxyl groups is 1. The molecule has 4 heterocycles. The van der Waals surface area contributed by atoms with Crippen molar-refractivity contribution < 1.29 is 14.3 Å². The maximum absolute atomic E-state index is 15.2. The third kappa shape index (κ3) is 4.43. The predicted octanol–water partition coefficient (Wildman–Crippen LogP) is 4.90. The van der Waals surface area contributed by atoms with E-state index in [1.807, 2.05) is 0 Å². The van der Waals surface area contributed by atoms with Gasteiger partial charge in [-0.15, -0.1) is 11.3 Å². The molecule has 4 aromatic rings. The summed E-state index contributed by atoms with van der Waals surface area (Å²) in [6, 6.07) is 5.86. The molecule has 1 aliphatic carbocycles. The Morgan fingerprint density at radius 3 is 2.74 bits per heavy atom. The van der Waals surface area contributed by atoms with Crippen molar-refractivity contribution in [1.29, 1.82) is 0 Å². The molecule has 0 fully saturated rings. The average Bonchev–Trinajstić information content (AvgIpc) is 3.38. The summed E-state index contributed by atoms with van der Waals surface area (Å²) in [7, 11) is 0. The molecule has 8 nitrogen and oxygen atoms in total. The van der Waals surface area contributed by atoms with Crippen LogP contribution in [0.4, 0.5) is 21.6 Å². The first kappa shape index (κ1) is 25.4. The molecular formula is C29H28FN5O3S. The second kappa shape index (κ2) is 9.39. The largest absolute Gasteiger partial charge is 0.392 e. The van der Waals surface area contributed by atoms with E-state index in [-0.39, 0.29) is 22.6 Å². The third-order valence-electron chi connectivity index (χ3n) is 7.53. The Bertz CT molecular complexity index is 1680. The van der Waals surface area contributed by atoms with Crippen LogP contribution in [0.15, 0.2) is 41.6 Å². The van der Waals surface area contributed by atoms with E-state index in [0.29, 0.717) is 51.7 Å². The van der Waals surface area contributed by atoms with Crippen molar-refractivity contribution in [2.75, 3.05) is 16.8 Å². The molecular weight excluding hydrogens is 517 g/mol. The first-order valence-electron chi connectivity index (χ1n) is 12.8. The molecule has 3 N–H and O–H groups in total. The zero-order valence-corrected chi connectivity index (χ0v) is 22.7. The number of hydrogen-bond donors (Lipinski definition) is 3. The summed E-state index contributed by atoms with van der Waals surface area (Å²) in [4.78, 5) is 40.8. The molecule has 0 radical (unpaired) electrons. The molecule has 2 aliphatic rings. The molecule has 200 valence electrons. The van der Waals surface area contributed by atoms with E-state index in [9.17, 15) is 14.7 Å². The van der Waals surface area contributed by atoms with Crippen molar-refractivity contribution in [3.63, 3.8) is 0 Å². The van der Waals surface area contributed by atoms with Gasteiger partial charge in [0, 0.05) is 34.4 Å². The Kier molecular flexibility index (Phi) is 6.11. The SMILES string of the molecule is Cc1[nH]c(=O)c(Nc2ccncn2)cc1-c1cc(F)cc(N2CCc3c(sc4c3CC(C)(C)C4)C2=O)c1CO. The van der Waals surface area contributed by atoms with Crippen molar-refractivity contribution in [2.24, 2.45) is 5.41 Å². The normalized spacial score (nSPS) is 15.8. The first-order valence-corrected chi connectivity index (χ1v) is 13.6. The number of nitrogens with zero attached hydrogens (tertiary/aromatic N) is 3. The fourth-order valence-electron chi connectivity index (χ4n) is 5.76. The maximum Gasteiger partial charge on any atom is 0.271 e. The van der Waals surface area contributed by atoms with Crippen molar-refractivity contribution in [3.05, 3.63) is 85.1 Å². The van der Waals surface area contributed by atoms with Crippen molar-refractivity contribution in [3.8, 4) is 11.1 Å². The second-order valence-corrected chi connectivity index (χ2v) is 12.0. The van der Waals surface area contributed by atoms with Crippen molar-refractivity contribution in [1.82, 2.24) is 15.0 Å². The summed E-state index contributed by atoms with van der Waals surface area (Å²) in [6.07, 6.45) is 5.51. The number of carbonyl (C=O) groups excluding carboxylic acids is 1. The summed E-state index contributed by atoms with van der Waals surface area (Å²) >= 11 is 1.55. The van der Waals surface area contributed by atoms with Gasteiger partial charge in [0.1, 0.15) is 23.6 Å². The summed E-state index contributed by atoms with van der Waals surface area (Å²) in [5.74, 6) is -0.278. The van der Waals surface area contributed by atoms with Gasteiger partial charge in [-0.2, -0.15) is 0 Å².